The van der Waals surface area contributed by atoms with Crippen molar-refractivity contribution in [1.29, 1.82) is 0 Å². The fourth-order valence-electron chi connectivity index (χ4n) is 3.73. The van der Waals surface area contributed by atoms with Gasteiger partial charge in [-0.1, -0.05) is 74.0 Å². The maximum absolute atomic E-state index is 13.3. The van der Waals surface area contributed by atoms with Gasteiger partial charge in [0.25, 0.3) is 5.56 Å². The third kappa shape index (κ3) is 4.97. The number of aryl methyl sites for hydroxylation is 1. The van der Waals surface area contributed by atoms with Crippen LogP contribution in [-0.2, 0) is 35.6 Å². The summed E-state index contributed by atoms with van der Waals surface area (Å²) in [5, 5.41) is 0. The van der Waals surface area contributed by atoms with Gasteiger partial charge in [-0.15, -0.1) is 0 Å². The Morgan fingerprint density at radius 3 is 2.34 bits per heavy atom. The number of aromatic nitrogens is 3. The molecule has 0 atom stereocenters. The first kappa shape index (κ1) is 21.6. The van der Waals surface area contributed by atoms with E-state index >= 15 is 0 Å². The Morgan fingerprint density at radius 2 is 1.66 bits per heavy atom. The topological polar surface area (TPSA) is 66.1 Å². The normalized spacial score (nSPS) is 11.0. The maximum atomic E-state index is 13.3. The van der Waals surface area contributed by atoms with Crippen LogP contribution in [0.1, 0.15) is 36.7 Å². The van der Waals surface area contributed by atoms with Crippen LogP contribution in [0.25, 0.3) is 11.0 Å². The van der Waals surface area contributed by atoms with Gasteiger partial charge in [-0.3, -0.25) is 9.59 Å². The van der Waals surface area contributed by atoms with E-state index < -0.39 is 5.97 Å². The van der Waals surface area contributed by atoms with Crippen LogP contribution in [0.2, 0.25) is 0 Å². The average Bonchev–Trinajstić information content (AvgIpc) is 3.17. The van der Waals surface area contributed by atoms with Crippen molar-refractivity contribution in [2.75, 3.05) is 0 Å². The largest absolute Gasteiger partial charge is 0.459 e. The van der Waals surface area contributed by atoms with Gasteiger partial charge in [0.15, 0.2) is 0 Å². The molecule has 0 N–H and O–H groups in total. The van der Waals surface area contributed by atoms with Crippen LogP contribution in [0, 0.1) is 0 Å². The van der Waals surface area contributed by atoms with Crippen molar-refractivity contribution in [2.24, 2.45) is 0 Å². The molecule has 0 fully saturated rings. The van der Waals surface area contributed by atoms with E-state index in [1.807, 2.05) is 65.2 Å². The van der Waals surface area contributed by atoms with Crippen LogP contribution < -0.4 is 5.56 Å². The van der Waals surface area contributed by atoms with E-state index in [1.165, 1.54) is 4.57 Å². The number of esters is 1. The summed E-state index contributed by atoms with van der Waals surface area (Å²) in [6, 6.07) is 21.3. The highest BCUT2D eigenvalue weighted by Gasteiger charge is 2.17. The van der Waals surface area contributed by atoms with Gasteiger partial charge in [-0.2, -0.15) is 0 Å². The zero-order valence-electron chi connectivity index (χ0n) is 18.2. The van der Waals surface area contributed by atoms with Gasteiger partial charge in [0.2, 0.25) is 0 Å². The van der Waals surface area contributed by atoms with Gasteiger partial charge in [0, 0.05) is 19.2 Å². The third-order valence-corrected chi connectivity index (χ3v) is 5.43. The van der Waals surface area contributed by atoms with Crippen molar-refractivity contribution in [3.8, 4) is 0 Å². The smallest absolute Gasteiger partial charge is 0.326 e. The number of nitrogens with zero attached hydrogens (tertiary/aromatic N) is 3. The Hall–Kier alpha value is -3.67. The van der Waals surface area contributed by atoms with Crippen molar-refractivity contribution < 1.29 is 9.53 Å². The van der Waals surface area contributed by atoms with Crippen LogP contribution in [0.4, 0.5) is 0 Å². The summed E-state index contributed by atoms with van der Waals surface area (Å²) in [4.78, 5) is 30.5. The Kier molecular flexibility index (Phi) is 6.80. The second-order valence-electron chi connectivity index (χ2n) is 7.83. The van der Waals surface area contributed by atoms with Crippen LogP contribution >= 0.6 is 0 Å². The van der Waals surface area contributed by atoms with Crippen LogP contribution in [0.5, 0.6) is 0 Å². The van der Waals surface area contributed by atoms with Crippen molar-refractivity contribution >= 4 is 17.0 Å². The number of pyridine rings is 1. The van der Waals surface area contributed by atoms with E-state index in [0.717, 1.165) is 36.2 Å². The molecule has 164 valence electrons. The highest BCUT2D eigenvalue weighted by atomic mass is 16.5. The van der Waals surface area contributed by atoms with Gasteiger partial charge in [0.05, 0.1) is 5.52 Å². The minimum Gasteiger partial charge on any atom is -0.459 e. The van der Waals surface area contributed by atoms with E-state index in [0.29, 0.717) is 17.6 Å². The monoisotopic (exact) mass is 429 g/mol. The Balaban J connectivity index is 1.61. The van der Waals surface area contributed by atoms with E-state index in [9.17, 15) is 9.59 Å². The van der Waals surface area contributed by atoms with Crippen LogP contribution in [0.15, 0.2) is 77.7 Å². The molecule has 2 aromatic carbocycles. The first-order chi connectivity index (χ1) is 15.7. The van der Waals surface area contributed by atoms with Crippen LogP contribution in [0.3, 0.4) is 0 Å². The van der Waals surface area contributed by atoms with E-state index in [-0.39, 0.29) is 18.7 Å². The standard InChI is InChI=1S/C26H27N3O3/c1-2-3-14-23-27-22-15-16-28(18-24(30)32-19-21-12-8-5-9-13-21)26(31)25(22)29(23)17-20-10-6-4-7-11-20/h4-13,15-16H,2-3,14,17-19H2,1H3. The van der Waals surface area contributed by atoms with Crippen molar-refractivity contribution in [3.63, 3.8) is 0 Å². The van der Waals surface area contributed by atoms with Crippen molar-refractivity contribution in [1.82, 2.24) is 14.1 Å². The van der Waals surface area contributed by atoms with Gasteiger partial charge in [-0.05, 0) is 23.6 Å². The molecule has 0 saturated heterocycles. The molecule has 0 unspecified atom stereocenters. The number of carbonyl (C=O) groups excluding carboxylic acids is 1. The highest BCUT2D eigenvalue weighted by Crippen LogP contribution is 2.17. The molecular formula is C26H27N3O3. The van der Waals surface area contributed by atoms with Crippen LogP contribution in [-0.4, -0.2) is 20.1 Å². The molecule has 0 spiro atoms. The molecular weight excluding hydrogens is 402 g/mol. The summed E-state index contributed by atoms with van der Waals surface area (Å²) in [7, 11) is 0. The number of hydrogen-bond acceptors (Lipinski definition) is 4. The number of rotatable bonds is 9. The lowest BCUT2D eigenvalue weighted by molar-refractivity contribution is -0.145. The van der Waals surface area contributed by atoms with Gasteiger partial charge >= 0.3 is 5.97 Å². The Morgan fingerprint density at radius 1 is 0.969 bits per heavy atom. The molecule has 32 heavy (non-hydrogen) atoms. The molecule has 4 rings (SSSR count). The van der Waals surface area contributed by atoms with Gasteiger partial charge in [-0.25, -0.2) is 4.98 Å². The summed E-state index contributed by atoms with van der Waals surface area (Å²) >= 11 is 0. The molecule has 0 radical (unpaired) electrons. The lowest BCUT2D eigenvalue weighted by Crippen LogP contribution is -2.26. The van der Waals surface area contributed by atoms with E-state index in [1.54, 1.807) is 12.3 Å². The number of ether oxygens (including phenoxy) is 1. The molecule has 6 heteroatoms. The number of benzene rings is 2. The van der Waals surface area contributed by atoms with E-state index in [4.69, 9.17) is 9.72 Å². The second kappa shape index (κ2) is 10.1. The highest BCUT2D eigenvalue weighted by molar-refractivity contribution is 5.76. The summed E-state index contributed by atoms with van der Waals surface area (Å²) in [6.07, 6.45) is 4.47. The molecule has 0 bridgehead atoms. The molecule has 0 amide bonds. The van der Waals surface area contributed by atoms with Crippen molar-refractivity contribution in [3.05, 3.63) is 100 Å². The zero-order chi connectivity index (χ0) is 22.3. The minimum absolute atomic E-state index is 0.136. The molecule has 0 aliphatic carbocycles. The fraction of sp³-hybridized carbons (Fsp3) is 0.269. The number of unbranched alkanes of at least 4 members (excludes halogenated alkanes) is 1. The molecule has 6 nitrogen and oxygen atoms in total. The first-order valence-corrected chi connectivity index (χ1v) is 11.0. The minimum atomic E-state index is -0.448. The quantitative estimate of drug-likeness (QED) is 0.372. The molecule has 2 heterocycles. The third-order valence-electron chi connectivity index (χ3n) is 5.43. The summed E-state index contributed by atoms with van der Waals surface area (Å²) in [5.41, 5.74) is 2.96. The fourth-order valence-corrected chi connectivity index (χ4v) is 3.73. The first-order valence-electron chi connectivity index (χ1n) is 11.0. The number of hydrogen-bond donors (Lipinski definition) is 0. The number of carbonyl (C=O) groups is 1. The predicted octanol–water partition coefficient (Wildman–Crippen LogP) is 4.33. The zero-order valence-corrected chi connectivity index (χ0v) is 18.2. The van der Waals surface area contributed by atoms with E-state index in [2.05, 4.69) is 6.92 Å². The Bertz CT molecular complexity index is 1240. The predicted molar refractivity (Wildman–Crippen MR) is 124 cm³/mol. The van der Waals surface area contributed by atoms with Gasteiger partial charge in [0.1, 0.15) is 24.5 Å². The summed E-state index contributed by atoms with van der Waals surface area (Å²) in [6.45, 7) is 2.75. The molecule has 4 aromatic rings. The lowest BCUT2D eigenvalue weighted by Gasteiger charge is -2.11. The van der Waals surface area contributed by atoms with Gasteiger partial charge < -0.3 is 13.9 Å². The Labute approximate surface area is 187 Å². The maximum Gasteiger partial charge on any atom is 0.326 e. The SMILES string of the molecule is CCCCc1nc2ccn(CC(=O)OCc3ccccc3)c(=O)c2n1Cc1ccccc1. The summed E-state index contributed by atoms with van der Waals surface area (Å²) < 4.78 is 8.76. The molecule has 2 aromatic heterocycles. The molecule has 0 aliphatic rings. The molecule has 0 saturated carbocycles. The van der Waals surface area contributed by atoms with Crippen molar-refractivity contribution in [2.45, 2.75) is 45.9 Å². The number of fused-ring (bicyclic) bond motifs is 1. The second-order valence-corrected chi connectivity index (χ2v) is 7.83. The average molecular weight is 430 g/mol. The summed E-state index contributed by atoms with van der Waals surface area (Å²) in [5.74, 6) is 0.447. The molecule has 0 aliphatic heterocycles. The number of imidazole rings is 1. The lowest BCUT2D eigenvalue weighted by atomic mass is 10.2.